The maximum absolute atomic E-state index is 12.3. The molecule has 2 N–H and O–H groups in total. The number of aryl methyl sites for hydroxylation is 3. The van der Waals surface area contributed by atoms with Crippen LogP contribution in [0.5, 0.6) is 0 Å². The Morgan fingerprint density at radius 1 is 1.13 bits per heavy atom. The summed E-state index contributed by atoms with van der Waals surface area (Å²) in [5, 5.41) is 14.6. The van der Waals surface area contributed by atoms with Gasteiger partial charge in [0.05, 0.1) is 46.8 Å². The van der Waals surface area contributed by atoms with Gasteiger partial charge in [0.1, 0.15) is 5.82 Å². The highest BCUT2D eigenvalue weighted by Gasteiger charge is 2.45. The van der Waals surface area contributed by atoms with Crippen LogP contribution in [0.2, 0.25) is 10.0 Å². The lowest BCUT2D eigenvalue weighted by molar-refractivity contribution is 0.0627. The minimum atomic E-state index is -1.03. The molecule has 11 heteroatoms. The SMILES string of the molecule is CCO[C@H]1CN(C(=O)O)C(CCn2ccccc2=O)[C@H]1Nc1nc(CC)c(-c2ccc(Cl)cc2Cl)nc1CC. The molecule has 3 heterocycles. The van der Waals surface area contributed by atoms with Gasteiger partial charge in [0.2, 0.25) is 5.56 Å². The van der Waals surface area contributed by atoms with Crippen LogP contribution in [0.4, 0.5) is 10.6 Å². The Hall–Kier alpha value is -3.14. The first-order chi connectivity index (χ1) is 18.8. The van der Waals surface area contributed by atoms with E-state index in [-0.39, 0.29) is 12.1 Å². The molecule has 2 aromatic heterocycles. The maximum atomic E-state index is 12.3. The first kappa shape index (κ1) is 28.9. The molecular formula is C28H33Cl2N5O4. The number of amides is 1. The van der Waals surface area contributed by atoms with Crippen LogP contribution in [0.3, 0.4) is 0 Å². The molecule has 0 bridgehead atoms. The van der Waals surface area contributed by atoms with E-state index in [4.69, 9.17) is 37.9 Å². The van der Waals surface area contributed by atoms with Crippen molar-refractivity contribution >= 4 is 35.1 Å². The van der Waals surface area contributed by atoms with Crippen LogP contribution in [0.1, 0.15) is 38.6 Å². The fourth-order valence-corrected chi connectivity index (χ4v) is 5.58. The number of likely N-dealkylation sites (tertiary alicyclic amines) is 1. The number of hydrogen-bond acceptors (Lipinski definition) is 6. The summed E-state index contributed by atoms with van der Waals surface area (Å²) in [5.74, 6) is 0.590. The number of nitrogens with zero attached hydrogens (tertiary/aromatic N) is 4. The summed E-state index contributed by atoms with van der Waals surface area (Å²) in [7, 11) is 0. The molecule has 1 aromatic carbocycles. The summed E-state index contributed by atoms with van der Waals surface area (Å²) in [5.41, 5.74) is 2.80. The van der Waals surface area contributed by atoms with Crippen molar-refractivity contribution in [3.05, 3.63) is 74.4 Å². The van der Waals surface area contributed by atoms with Crippen LogP contribution in [-0.2, 0) is 24.1 Å². The zero-order valence-electron chi connectivity index (χ0n) is 22.2. The van der Waals surface area contributed by atoms with Crippen molar-refractivity contribution in [1.82, 2.24) is 19.4 Å². The van der Waals surface area contributed by atoms with Crippen molar-refractivity contribution in [2.24, 2.45) is 0 Å². The molecule has 0 spiro atoms. The van der Waals surface area contributed by atoms with Crippen LogP contribution < -0.4 is 10.9 Å². The van der Waals surface area contributed by atoms with Crippen molar-refractivity contribution < 1.29 is 14.6 Å². The molecule has 1 unspecified atom stereocenters. The summed E-state index contributed by atoms with van der Waals surface area (Å²) < 4.78 is 7.60. The van der Waals surface area contributed by atoms with E-state index >= 15 is 0 Å². The predicted molar refractivity (Wildman–Crippen MR) is 153 cm³/mol. The van der Waals surface area contributed by atoms with Crippen LogP contribution in [0, 0.1) is 0 Å². The maximum Gasteiger partial charge on any atom is 0.407 e. The van der Waals surface area contributed by atoms with Gasteiger partial charge in [0.15, 0.2) is 0 Å². The van der Waals surface area contributed by atoms with Gasteiger partial charge in [-0.05, 0) is 50.5 Å². The Balaban J connectivity index is 1.71. The third-order valence-electron chi connectivity index (χ3n) is 6.98. The van der Waals surface area contributed by atoms with Gasteiger partial charge < -0.3 is 24.6 Å². The Kier molecular flexibility index (Phi) is 9.48. The number of hydrogen-bond donors (Lipinski definition) is 2. The lowest BCUT2D eigenvalue weighted by Gasteiger charge is -2.29. The quantitative estimate of drug-likeness (QED) is 0.335. The second-order valence-electron chi connectivity index (χ2n) is 9.33. The van der Waals surface area contributed by atoms with E-state index in [1.807, 2.05) is 26.8 Å². The molecule has 0 radical (unpaired) electrons. The number of carboxylic acid groups (broad SMARTS) is 1. The number of aromatic nitrogens is 3. The number of pyridine rings is 1. The molecule has 1 saturated heterocycles. The van der Waals surface area contributed by atoms with Gasteiger partial charge in [-0.15, -0.1) is 0 Å². The summed E-state index contributed by atoms with van der Waals surface area (Å²) in [6.07, 6.45) is 1.91. The Bertz CT molecular complexity index is 1380. The Labute approximate surface area is 237 Å². The standard InChI is InChI=1S/C28H33Cl2N5O4/c1-4-20-25(18-11-10-17(29)15-19(18)30)31-21(5-2)27(32-20)33-26-22(12-14-34-13-8-7-9-24(34)36)35(28(37)38)16-23(26)39-6-3/h7-11,13,15,22-23,26H,4-6,12,14,16H2,1-3H3,(H,32,33)(H,37,38)/t22?,23-,26+/m0/s1. The molecule has 1 amide bonds. The fourth-order valence-electron chi connectivity index (χ4n) is 5.08. The summed E-state index contributed by atoms with van der Waals surface area (Å²) in [6, 6.07) is 9.42. The summed E-state index contributed by atoms with van der Waals surface area (Å²) >= 11 is 12.6. The number of halogens is 2. The van der Waals surface area contributed by atoms with Gasteiger partial charge in [-0.2, -0.15) is 0 Å². The molecule has 1 fully saturated rings. The molecular weight excluding hydrogens is 541 g/mol. The molecule has 3 aromatic rings. The van der Waals surface area contributed by atoms with E-state index < -0.39 is 24.3 Å². The minimum Gasteiger partial charge on any atom is -0.465 e. The van der Waals surface area contributed by atoms with Gasteiger partial charge >= 0.3 is 6.09 Å². The average Bonchev–Trinajstić information content (AvgIpc) is 3.25. The predicted octanol–water partition coefficient (Wildman–Crippen LogP) is 5.38. The van der Waals surface area contributed by atoms with E-state index in [9.17, 15) is 14.7 Å². The molecule has 0 aliphatic carbocycles. The summed E-state index contributed by atoms with van der Waals surface area (Å²) in [6.45, 7) is 6.89. The lowest BCUT2D eigenvalue weighted by atomic mass is 10.0. The van der Waals surface area contributed by atoms with Crippen LogP contribution in [-0.4, -0.2) is 62.0 Å². The van der Waals surface area contributed by atoms with Crippen molar-refractivity contribution in [3.63, 3.8) is 0 Å². The Morgan fingerprint density at radius 2 is 1.90 bits per heavy atom. The molecule has 0 saturated carbocycles. The number of benzene rings is 1. The summed E-state index contributed by atoms with van der Waals surface area (Å²) in [4.78, 5) is 35.8. The van der Waals surface area contributed by atoms with Crippen LogP contribution in [0.25, 0.3) is 11.3 Å². The van der Waals surface area contributed by atoms with E-state index in [0.717, 1.165) is 17.0 Å². The normalized spacial score (nSPS) is 18.9. The highest BCUT2D eigenvalue weighted by molar-refractivity contribution is 6.36. The largest absolute Gasteiger partial charge is 0.465 e. The van der Waals surface area contributed by atoms with Gasteiger partial charge in [-0.25, -0.2) is 14.8 Å². The van der Waals surface area contributed by atoms with E-state index in [1.165, 1.54) is 11.0 Å². The van der Waals surface area contributed by atoms with E-state index in [1.54, 1.807) is 35.0 Å². The molecule has 1 aliphatic heterocycles. The third-order valence-corrected chi connectivity index (χ3v) is 7.53. The second kappa shape index (κ2) is 12.8. The first-order valence-corrected chi connectivity index (χ1v) is 13.9. The fraction of sp³-hybridized carbons (Fsp3) is 0.429. The smallest absolute Gasteiger partial charge is 0.407 e. The number of nitrogens with one attached hydrogen (secondary N) is 1. The van der Waals surface area contributed by atoms with Crippen molar-refractivity contribution in [1.29, 1.82) is 0 Å². The number of rotatable bonds is 10. The highest BCUT2D eigenvalue weighted by atomic mass is 35.5. The molecule has 1 aliphatic rings. The molecule has 39 heavy (non-hydrogen) atoms. The minimum absolute atomic E-state index is 0.133. The van der Waals surface area contributed by atoms with Gasteiger partial charge in [0.25, 0.3) is 0 Å². The first-order valence-electron chi connectivity index (χ1n) is 13.2. The zero-order valence-corrected chi connectivity index (χ0v) is 23.7. The molecule has 3 atom stereocenters. The van der Waals surface area contributed by atoms with Gasteiger partial charge in [0, 0.05) is 36.0 Å². The number of anilines is 1. The van der Waals surface area contributed by atoms with Crippen LogP contribution in [0.15, 0.2) is 47.4 Å². The molecule has 9 nitrogen and oxygen atoms in total. The average molecular weight is 575 g/mol. The van der Waals surface area contributed by atoms with Gasteiger partial charge in [-0.3, -0.25) is 4.79 Å². The van der Waals surface area contributed by atoms with Crippen molar-refractivity contribution in [2.45, 2.75) is 64.8 Å². The number of carbonyl (C=O) groups is 1. The monoisotopic (exact) mass is 573 g/mol. The van der Waals surface area contributed by atoms with Crippen molar-refractivity contribution in [3.8, 4) is 11.3 Å². The van der Waals surface area contributed by atoms with E-state index in [2.05, 4.69) is 5.32 Å². The Morgan fingerprint density at radius 3 is 2.54 bits per heavy atom. The molecule has 208 valence electrons. The third kappa shape index (κ3) is 6.37. The topological polar surface area (TPSA) is 110 Å². The zero-order chi connectivity index (χ0) is 28.1. The van der Waals surface area contributed by atoms with Crippen molar-refractivity contribution in [2.75, 3.05) is 18.5 Å². The second-order valence-corrected chi connectivity index (χ2v) is 10.2. The molecule has 4 rings (SSSR count). The van der Waals surface area contributed by atoms with Crippen LogP contribution >= 0.6 is 23.2 Å². The highest BCUT2D eigenvalue weighted by Crippen LogP contribution is 2.34. The van der Waals surface area contributed by atoms with E-state index in [0.29, 0.717) is 54.0 Å². The lowest BCUT2D eigenvalue weighted by Crippen LogP contribution is -2.44. The van der Waals surface area contributed by atoms with Gasteiger partial charge in [-0.1, -0.05) is 43.1 Å². The number of ether oxygens (including phenoxy) is 1.